The Morgan fingerprint density at radius 1 is 1.10 bits per heavy atom. The third-order valence-electron chi connectivity index (χ3n) is 3.91. The van der Waals surface area contributed by atoms with Crippen molar-refractivity contribution >= 4 is 7.85 Å². The number of hydrogen-bond donors (Lipinski definition) is 0. The quantitative estimate of drug-likeness (QED) is 0.607. The molecular weight excluding hydrogens is 259 g/mol. The maximum Gasteiger partial charge on any atom is 0.142 e. The molecule has 0 aliphatic carbocycles. The topological polar surface area (TPSA) is 46.2 Å². The van der Waals surface area contributed by atoms with Gasteiger partial charge < -0.3 is 23.7 Å². The van der Waals surface area contributed by atoms with E-state index in [1.54, 1.807) is 21.3 Å². The van der Waals surface area contributed by atoms with Crippen molar-refractivity contribution in [2.45, 2.75) is 57.3 Å². The predicted octanol–water partition coefficient (Wildman–Crippen LogP) is 0.451. The van der Waals surface area contributed by atoms with Gasteiger partial charge in [-0.3, -0.25) is 0 Å². The molecule has 1 unspecified atom stereocenters. The number of methoxy groups -OCH3 is 3. The summed E-state index contributed by atoms with van der Waals surface area (Å²) >= 11 is 0. The molecule has 0 spiro atoms. The number of ether oxygens (including phenoxy) is 5. The van der Waals surface area contributed by atoms with Gasteiger partial charge in [0.2, 0.25) is 0 Å². The van der Waals surface area contributed by atoms with Gasteiger partial charge >= 0.3 is 0 Å². The lowest BCUT2D eigenvalue weighted by molar-refractivity contribution is -0.127. The molecule has 6 heteroatoms. The van der Waals surface area contributed by atoms with Crippen LogP contribution >= 0.6 is 0 Å². The van der Waals surface area contributed by atoms with Gasteiger partial charge in [-0.2, -0.15) is 0 Å². The van der Waals surface area contributed by atoms with Crippen LogP contribution in [0, 0.1) is 5.92 Å². The Bertz CT molecular complexity index is 276. The molecule has 1 aliphatic heterocycles. The Balaban J connectivity index is 2.69. The minimum atomic E-state index is -0.114. The van der Waals surface area contributed by atoms with Crippen LogP contribution in [0.4, 0.5) is 0 Å². The fraction of sp³-hybridized carbons (Fsp3) is 1.00. The summed E-state index contributed by atoms with van der Waals surface area (Å²) in [7, 11) is 7.08. The Kier molecular flexibility index (Phi) is 7.47. The Morgan fingerprint density at radius 2 is 1.75 bits per heavy atom. The molecule has 6 atom stereocenters. The SMILES string of the molecule is B[C@@H]1O[C@H](COC)C(OC)[C@@H]1O[C@@H](C)[C@@H](OC)C(C)C. The van der Waals surface area contributed by atoms with E-state index in [1.165, 1.54) is 0 Å². The Labute approximate surface area is 123 Å². The summed E-state index contributed by atoms with van der Waals surface area (Å²) in [5, 5.41) is 0. The highest BCUT2D eigenvalue weighted by atomic mass is 16.6. The average Bonchev–Trinajstić information content (AvgIpc) is 2.66. The summed E-state index contributed by atoms with van der Waals surface area (Å²) in [4.78, 5) is 0. The van der Waals surface area contributed by atoms with Crippen molar-refractivity contribution < 1.29 is 23.7 Å². The lowest BCUT2D eigenvalue weighted by atomic mass is 9.92. The minimum Gasteiger partial charge on any atom is -0.382 e. The van der Waals surface area contributed by atoms with Crippen LogP contribution in [-0.2, 0) is 23.7 Å². The van der Waals surface area contributed by atoms with Gasteiger partial charge in [0.1, 0.15) is 26.2 Å². The molecule has 0 aromatic rings. The van der Waals surface area contributed by atoms with Gasteiger partial charge in [-0.05, 0) is 12.8 Å². The Hall–Kier alpha value is -0.135. The van der Waals surface area contributed by atoms with Crippen LogP contribution in [0.3, 0.4) is 0 Å². The van der Waals surface area contributed by atoms with E-state index in [0.717, 1.165) is 0 Å². The lowest BCUT2D eigenvalue weighted by Crippen LogP contribution is -2.44. The smallest absolute Gasteiger partial charge is 0.142 e. The highest BCUT2D eigenvalue weighted by Crippen LogP contribution is 2.27. The molecule has 1 saturated heterocycles. The fourth-order valence-corrected chi connectivity index (χ4v) is 3.01. The zero-order valence-corrected chi connectivity index (χ0v) is 13.8. The van der Waals surface area contributed by atoms with Crippen molar-refractivity contribution in [2.75, 3.05) is 27.9 Å². The summed E-state index contributed by atoms with van der Waals surface area (Å²) in [5.74, 6) is 0.392. The van der Waals surface area contributed by atoms with Crippen LogP contribution in [-0.4, -0.2) is 72.3 Å². The van der Waals surface area contributed by atoms with Crippen molar-refractivity contribution in [2.24, 2.45) is 5.92 Å². The number of rotatable bonds is 8. The third-order valence-corrected chi connectivity index (χ3v) is 3.91. The predicted molar refractivity (Wildman–Crippen MR) is 79.8 cm³/mol. The highest BCUT2D eigenvalue weighted by Gasteiger charge is 2.44. The second-order valence-electron chi connectivity index (χ2n) is 5.79. The zero-order valence-electron chi connectivity index (χ0n) is 13.8. The zero-order chi connectivity index (χ0) is 15.3. The molecule has 1 aliphatic rings. The van der Waals surface area contributed by atoms with Crippen LogP contribution in [0.5, 0.6) is 0 Å². The lowest BCUT2D eigenvalue weighted by Gasteiger charge is -2.31. The minimum absolute atomic E-state index is 0.0185. The monoisotopic (exact) mass is 288 g/mol. The van der Waals surface area contributed by atoms with Gasteiger partial charge in [-0.15, -0.1) is 0 Å². The van der Waals surface area contributed by atoms with Gasteiger partial charge in [0, 0.05) is 21.3 Å². The van der Waals surface area contributed by atoms with Crippen molar-refractivity contribution in [1.82, 2.24) is 0 Å². The second-order valence-corrected chi connectivity index (χ2v) is 5.79. The molecule has 0 radical (unpaired) electrons. The van der Waals surface area contributed by atoms with Gasteiger partial charge in [-0.25, -0.2) is 0 Å². The van der Waals surface area contributed by atoms with Gasteiger partial charge in [0.15, 0.2) is 0 Å². The van der Waals surface area contributed by atoms with Gasteiger partial charge in [0.05, 0.1) is 24.8 Å². The summed E-state index contributed by atoms with van der Waals surface area (Å²) in [6.45, 7) is 6.81. The Morgan fingerprint density at radius 3 is 2.20 bits per heavy atom. The van der Waals surface area contributed by atoms with E-state index < -0.39 is 0 Å². The van der Waals surface area contributed by atoms with Crippen LogP contribution in [0.15, 0.2) is 0 Å². The summed E-state index contributed by atoms with van der Waals surface area (Å²) < 4.78 is 28.3. The molecule has 1 rings (SSSR count). The molecule has 0 aromatic carbocycles. The molecule has 0 N–H and O–H groups in total. The molecule has 0 aromatic heterocycles. The van der Waals surface area contributed by atoms with Gasteiger partial charge in [-0.1, -0.05) is 13.8 Å². The molecular formula is C14H29BO5. The van der Waals surface area contributed by atoms with Crippen molar-refractivity contribution in [3.8, 4) is 0 Å². The van der Waals surface area contributed by atoms with E-state index in [1.807, 2.05) is 14.8 Å². The summed E-state index contributed by atoms with van der Waals surface area (Å²) in [5.41, 5.74) is 0. The summed E-state index contributed by atoms with van der Waals surface area (Å²) in [6, 6.07) is -0.0211. The van der Waals surface area contributed by atoms with Crippen molar-refractivity contribution in [3.05, 3.63) is 0 Å². The second kappa shape index (κ2) is 8.34. The standard InChI is InChI=1S/C14H29BO5/c1-8(2)11(17-5)9(3)19-13-12(18-6)10(7-16-4)20-14(13)15/h8-14H,7,15H2,1-6H3/t9-,10+,11-,12?,13-,14+/m0/s1. The molecule has 1 heterocycles. The first-order valence-corrected chi connectivity index (χ1v) is 7.31. The first kappa shape index (κ1) is 17.9. The maximum atomic E-state index is 6.19. The normalized spacial score (nSPS) is 33.5. The first-order valence-electron chi connectivity index (χ1n) is 7.31. The summed E-state index contributed by atoms with van der Waals surface area (Å²) in [6.07, 6.45) is -0.267. The van der Waals surface area contributed by atoms with Gasteiger partial charge in [0.25, 0.3) is 0 Å². The average molecular weight is 288 g/mol. The van der Waals surface area contributed by atoms with E-state index >= 15 is 0 Å². The molecule has 0 amide bonds. The van der Waals surface area contributed by atoms with E-state index in [4.69, 9.17) is 23.7 Å². The molecule has 118 valence electrons. The van der Waals surface area contributed by atoms with E-state index in [2.05, 4.69) is 13.8 Å². The van der Waals surface area contributed by atoms with Crippen molar-refractivity contribution in [3.63, 3.8) is 0 Å². The first-order chi connectivity index (χ1) is 9.46. The third kappa shape index (κ3) is 4.18. The maximum absolute atomic E-state index is 6.19. The van der Waals surface area contributed by atoms with Crippen LogP contribution in [0.25, 0.3) is 0 Å². The molecule has 20 heavy (non-hydrogen) atoms. The van der Waals surface area contributed by atoms with Crippen LogP contribution < -0.4 is 0 Å². The fourth-order valence-electron chi connectivity index (χ4n) is 3.01. The van der Waals surface area contributed by atoms with Crippen molar-refractivity contribution in [1.29, 1.82) is 0 Å². The van der Waals surface area contributed by atoms with Crippen LogP contribution in [0.2, 0.25) is 0 Å². The molecule has 0 saturated carbocycles. The highest BCUT2D eigenvalue weighted by molar-refractivity contribution is 6.11. The van der Waals surface area contributed by atoms with E-state index in [-0.39, 0.29) is 36.5 Å². The molecule has 0 bridgehead atoms. The van der Waals surface area contributed by atoms with Crippen LogP contribution in [0.1, 0.15) is 20.8 Å². The molecule has 1 fully saturated rings. The largest absolute Gasteiger partial charge is 0.382 e. The number of hydrogen-bond acceptors (Lipinski definition) is 5. The van der Waals surface area contributed by atoms with E-state index in [0.29, 0.717) is 12.5 Å². The van der Waals surface area contributed by atoms with E-state index in [9.17, 15) is 0 Å². The molecule has 5 nitrogen and oxygen atoms in total.